The molecule has 1 N–H and O–H groups in total. The van der Waals surface area contributed by atoms with E-state index in [1.165, 1.54) is 17.0 Å². The van der Waals surface area contributed by atoms with Crippen molar-refractivity contribution < 1.29 is 9.32 Å². The van der Waals surface area contributed by atoms with Crippen molar-refractivity contribution in [1.82, 2.24) is 14.7 Å². The molecule has 2 aromatic heterocycles. The number of fused-ring (bicyclic) bond motifs is 1. The maximum atomic E-state index is 12.0. The van der Waals surface area contributed by atoms with Crippen molar-refractivity contribution in [1.29, 1.82) is 0 Å². The van der Waals surface area contributed by atoms with Crippen LogP contribution in [0.5, 0.6) is 0 Å². The van der Waals surface area contributed by atoms with Crippen molar-refractivity contribution >= 4 is 23.6 Å². The van der Waals surface area contributed by atoms with E-state index >= 15 is 0 Å². The van der Waals surface area contributed by atoms with Gasteiger partial charge in [-0.15, -0.1) is 0 Å². The molecule has 0 fully saturated rings. The number of rotatable bonds is 4. The van der Waals surface area contributed by atoms with Gasteiger partial charge in [-0.25, -0.2) is 4.98 Å². The summed E-state index contributed by atoms with van der Waals surface area (Å²) in [5.74, 6) is 1.63. The van der Waals surface area contributed by atoms with E-state index in [0.717, 1.165) is 22.8 Å². The zero-order chi connectivity index (χ0) is 14.8. The number of nitrogens with zero attached hydrogens (tertiary/aromatic N) is 3. The van der Waals surface area contributed by atoms with Gasteiger partial charge in [0.2, 0.25) is 11.8 Å². The second-order valence-corrected chi connectivity index (χ2v) is 5.66. The van der Waals surface area contributed by atoms with E-state index in [1.54, 1.807) is 11.8 Å². The molecule has 0 aliphatic carbocycles. The minimum Gasteiger partial charge on any atom is -0.338 e. The maximum Gasteiger partial charge on any atom is 0.253 e. The van der Waals surface area contributed by atoms with Crippen LogP contribution in [-0.4, -0.2) is 20.6 Å². The Morgan fingerprint density at radius 2 is 2.38 bits per heavy atom. The summed E-state index contributed by atoms with van der Waals surface area (Å²) in [6.45, 7) is 1.82. The van der Waals surface area contributed by atoms with Gasteiger partial charge in [-0.1, -0.05) is 12.1 Å². The molecule has 0 unspecified atom stereocenters. The van der Waals surface area contributed by atoms with Crippen molar-refractivity contribution in [2.45, 2.75) is 31.4 Å². The molecule has 21 heavy (non-hydrogen) atoms. The van der Waals surface area contributed by atoms with Gasteiger partial charge in [-0.3, -0.25) is 19.5 Å². The van der Waals surface area contributed by atoms with E-state index in [0.29, 0.717) is 18.0 Å². The summed E-state index contributed by atoms with van der Waals surface area (Å²) in [7, 11) is 0. The first-order chi connectivity index (χ1) is 10.2. The van der Waals surface area contributed by atoms with E-state index in [2.05, 4.69) is 15.5 Å². The fourth-order valence-electron chi connectivity index (χ4n) is 2.05. The number of aryl methyl sites for hydroxylation is 1. The lowest BCUT2D eigenvalue weighted by Gasteiger charge is -2.06. The van der Waals surface area contributed by atoms with Crippen molar-refractivity contribution in [3.05, 3.63) is 39.7 Å². The van der Waals surface area contributed by atoms with Crippen LogP contribution in [0, 0.1) is 0 Å². The zero-order valence-electron chi connectivity index (χ0n) is 11.5. The van der Waals surface area contributed by atoms with Gasteiger partial charge >= 0.3 is 0 Å². The first kappa shape index (κ1) is 13.9. The molecule has 0 atom stereocenters. The van der Waals surface area contributed by atoms with Gasteiger partial charge in [-0.05, 0) is 6.42 Å². The minimum atomic E-state index is -0.334. The highest BCUT2D eigenvalue weighted by molar-refractivity contribution is 7.98. The SMILES string of the molecule is CCc1cc(=O)n(CC(=O)Nc2onc3c2CSC3)cn1. The molecule has 0 bridgehead atoms. The third-order valence-corrected chi connectivity index (χ3v) is 4.19. The summed E-state index contributed by atoms with van der Waals surface area (Å²) in [5.41, 5.74) is 2.28. The van der Waals surface area contributed by atoms with Gasteiger partial charge in [0.15, 0.2) is 0 Å². The van der Waals surface area contributed by atoms with Crippen LogP contribution in [0.3, 0.4) is 0 Å². The minimum absolute atomic E-state index is 0.0988. The molecule has 0 radical (unpaired) electrons. The monoisotopic (exact) mass is 306 g/mol. The molecule has 0 saturated heterocycles. The molecular weight excluding hydrogens is 292 g/mol. The van der Waals surface area contributed by atoms with E-state index < -0.39 is 0 Å². The van der Waals surface area contributed by atoms with Crippen LogP contribution in [0.1, 0.15) is 23.9 Å². The van der Waals surface area contributed by atoms with Gasteiger partial charge in [-0.2, -0.15) is 11.8 Å². The number of thioether (sulfide) groups is 1. The Kier molecular flexibility index (Phi) is 3.78. The van der Waals surface area contributed by atoms with Gasteiger partial charge < -0.3 is 4.52 Å². The molecule has 8 heteroatoms. The first-order valence-corrected chi connectivity index (χ1v) is 7.73. The van der Waals surface area contributed by atoms with E-state index in [4.69, 9.17) is 4.52 Å². The lowest BCUT2D eigenvalue weighted by molar-refractivity contribution is -0.116. The fraction of sp³-hybridized carbons (Fsp3) is 0.385. The third kappa shape index (κ3) is 2.85. The summed E-state index contributed by atoms with van der Waals surface area (Å²) < 4.78 is 6.38. The van der Waals surface area contributed by atoms with Gasteiger partial charge in [0.1, 0.15) is 6.54 Å². The average Bonchev–Trinajstić information content (AvgIpc) is 3.06. The van der Waals surface area contributed by atoms with Gasteiger partial charge in [0.05, 0.1) is 17.6 Å². The van der Waals surface area contributed by atoms with Crippen LogP contribution < -0.4 is 10.9 Å². The average molecular weight is 306 g/mol. The quantitative estimate of drug-likeness (QED) is 0.912. The number of hydrogen-bond donors (Lipinski definition) is 1. The molecule has 1 amide bonds. The molecular formula is C13H14N4O3S. The number of anilines is 1. The summed E-state index contributed by atoms with van der Waals surface area (Å²) in [6.07, 6.45) is 2.07. The Labute approximate surface area is 124 Å². The summed E-state index contributed by atoms with van der Waals surface area (Å²) in [5, 5.41) is 6.56. The van der Waals surface area contributed by atoms with Crippen LogP contribution in [0.25, 0.3) is 0 Å². The zero-order valence-corrected chi connectivity index (χ0v) is 12.3. The molecule has 0 spiro atoms. The van der Waals surface area contributed by atoms with Crippen LogP contribution in [0.4, 0.5) is 5.88 Å². The second kappa shape index (κ2) is 5.72. The van der Waals surface area contributed by atoms with Crippen molar-refractivity contribution in [3.63, 3.8) is 0 Å². The number of aromatic nitrogens is 3. The van der Waals surface area contributed by atoms with E-state index in [-0.39, 0.29) is 18.0 Å². The van der Waals surface area contributed by atoms with Gasteiger partial charge in [0, 0.05) is 23.3 Å². The molecule has 7 nitrogen and oxygen atoms in total. The standard InChI is InChI=1S/C13H14N4O3S/c1-2-8-3-12(19)17(7-14-8)4-11(18)15-13-9-5-21-6-10(9)16-20-13/h3,7H,2,4-6H2,1H3,(H,15,18). The van der Waals surface area contributed by atoms with Crippen LogP contribution in [0.15, 0.2) is 21.7 Å². The van der Waals surface area contributed by atoms with Crippen LogP contribution in [0.2, 0.25) is 0 Å². The molecule has 0 aromatic carbocycles. The topological polar surface area (TPSA) is 90.0 Å². The van der Waals surface area contributed by atoms with Crippen molar-refractivity contribution in [2.75, 3.05) is 5.32 Å². The number of hydrogen-bond acceptors (Lipinski definition) is 6. The highest BCUT2D eigenvalue weighted by atomic mass is 32.2. The Hall–Kier alpha value is -2.09. The molecule has 3 heterocycles. The maximum absolute atomic E-state index is 12.0. The number of amides is 1. The summed E-state index contributed by atoms with van der Waals surface area (Å²) in [6, 6.07) is 1.44. The Bertz CT molecular complexity index is 737. The first-order valence-electron chi connectivity index (χ1n) is 6.57. The van der Waals surface area contributed by atoms with Gasteiger partial charge in [0.25, 0.3) is 5.56 Å². The normalized spacial score (nSPS) is 13.2. The third-order valence-electron chi connectivity index (χ3n) is 3.22. The number of carbonyl (C=O) groups excluding carboxylic acids is 1. The largest absolute Gasteiger partial charge is 0.338 e. The van der Waals surface area contributed by atoms with Crippen molar-refractivity contribution in [3.8, 4) is 0 Å². The molecule has 3 rings (SSSR count). The van der Waals surface area contributed by atoms with E-state index in [1.807, 2.05) is 6.92 Å². The molecule has 1 aliphatic heterocycles. The fourth-order valence-corrected chi connectivity index (χ4v) is 3.07. The molecule has 2 aromatic rings. The second-order valence-electron chi connectivity index (χ2n) is 4.68. The van der Waals surface area contributed by atoms with E-state index in [9.17, 15) is 9.59 Å². The van der Waals surface area contributed by atoms with Crippen LogP contribution in [-0.2, 0) is 29.3 Å². The Balaban J connectivity index is 1.70. The Morgan fingerprint density at radius 1 is 1.52 bits per heavy atom. The number of nitrogens with one attached hydrogen (secondary N) is 1. The predicted octanol–water partition coefficient (Wildman–Crippen LogP) is 1.18. The summed E-state index contributed by atoms with van der Waals surface area (Å²) in [4.78, 5) is 27.9. The lowest BCUT2D eigenvalue weighted by Crippen LogP contribution is -2.27. The smallest absolute Gasteiger partial charge is 0.253 e. The highest BCUT2D eigenvalue weighted by Crippen LogP contribution is 2.34. The molecule has 110 valence electrons. The highest BCUT2D eigenvalue weighted by Gasteiger charge is 2.22. The van der Waals surface area contributed by atoms with Crippen molar-refractivity contribution in [2.24, 2.45) is 0 Å². The summed E-state index contributed by atoms with van der Waals surface area (Å²) >= 11 is 1.72. The molecule has 0 saturated carbocycles. The number of carbonyl (C=O) groups is 1. The Morgan fingerprint density at radius 3 is 3.14 bits per heavy atom. The molecule has 1 aliphatic rings. The predicted molar refractivity (Wildman–Crippen MR) is 78.0 cm³/mol. The lowest BCUT2D eigenvalue weighted by atomic mass is 10.3. The van der Waals surface area contributed by atoms with Crippen LogP contribution >= 0.6 is 11.8 Å².